The molecule has 1 aromatic rings. The lowest BCUT2D eigenvalue weighted by molar-refractivity contribution is -0.362. The smallest absolute Gasteiger partial charge is 0.303 e. The van der Waals surface area contributed by atoms with Gasteiger partial charge in [0.15, 0.2) is 129 Å². The average molecular weight is 2020 g/mol. The van der Waals surface area contributed by atoms with Gasteiger partial charge in [-0.2, -0.15) is 0 Å². The molecule has 6 fully saturated rings. The maximum atomic E-state index is 13.6. The molecule has 6 aliphatic rings. The van der Waals surface area contributed by atoms with E-state index in [-0.39, 0.29) is 16.7 Å². The van der Waals surface area contributed by atoms with E-state index < -0.39 is 369 Å². The van der Waals surface area contributed by atoms with Crippen molar-refractivity contribution in [3.63, 3.8) is 0 Å². The first-order chi connectivity index (χ1) is 66.1. The number of carbonyl (C=O) groups is 21. The van der Waals surface area contributed by atoms with Crippen molar-refractivity contribution in [1.82, 2.24) is 0 Å². The van der Waals surface area contributed by atoms with Crippen LogP contribution in [0.25, 0.3) is 0 Å². The van der Waals surface area contributed by atoms with Crippen LogP contribution < -0.4 is 0 Å². The molecule has 0 unspecified atom stereocenters. The lowest BCUT2D eigenvalue weighted by Gasteiger charge is -2.48. The van der Waals surface area contributed by atoms with Crippen molar-refractivity contribution in [2.75, 3.05) is 39.6 Å². The van der Waals surface area contributed by atoms with Gasteiger partial charge in [0.25, 0.3) is 0 Å². The van der Waals surface area contributed by atoms with Crippen molar-refractivity contribution in [1.29, 1.82) is 0 Å². The van der Waals surface area contributed by atoms with Crippen LogP contribution >= 0.6 is 0 Å². The highest BCUT2D eigenvalue weighted by Crippen LogP contribution is 2.42. The van der Waals surface area contributed by atoms with Crippen molar-refractivity contribution in [2.45, 2.75) is 349 Å². The molecule has 6 saturated heterocycles. The molecule has 0 amide bonds. The topological polar surface area (TPSA) is 663 Å². The molecule has 6 aliphatic heterocycles. The van der Waals surface area contributed by atoms with Crippen molar-refractivity contribution >= 4 is 125 Å². The molecule has 6 heterocycles. The van der Waals surface area contributed by atoms with Crippen LogP contribution in [0.5, 0.6) is 0 Å². The summed E-state index contributed by atoms with van der Waals surface area (Å²) in [5.41, 5.74) is -0.191. The summed E-state index contributed by atoms with van der Waals surface area (Å²) in [5.74, 6) is -22.2. The van der Waals surface area contributed by atoms with Gasteiger partial charge < -0.3 is 156 Å². The molecule has 54 heteroatoms. The van der Waals surface area contributed by atoms with E-state index >= 15 is 0 Å². The van der Waals surface area contributed by atoms with Gasteiger partial charge in [0.1, 0.15) is 94.6 Å². The fourth-order valence-electron chi connectivity index (χ4n) is 15.4. The van der Waals surface area contributed by atoms with Gasteiger partial charge in [-0.25, -0.2) is 0 Å². The number of carbonyl (C=O) groups excluding carboxylic acids is 21. The zero-order valence-corrected chi connectivity index (χ0v) is 80.5. The monoisotopic (exact) mass is 2020 g/mol. The SMILES string of the molecule is CC(=O)OC[C@H]1O[C@@H](O[C@H]2[C@H](OC(C)=O)[C@@H](OC(C)=O)[C@H](OCc3cc(CO[C@@H]4O[C@H](COC(C)=O)[C@@H](O[C@@H]5O[C@H](COC(C)=O)[C@H](OC(C)=O)[C@H](OC(C)=O)[C@H]5OC(C)=O)[C@H](OC(C)=O)[C@H]4OC(C)=O)cc(CO[C@@H]4O[C@H](COC(C)=O)[C@@H](O[C@@H]5O[C@H](COC(C)=O)[C@H](OC(C)=O)[C@H](OC(C)=O)[C@H]5OC(C)=O)[C@H](OC(C)=O)[C@H]4OC(C)=O)c3)O[C@@H]2COC(C)=O)[C@H](OC(C)=O)[C@@H](OC(C)=O)[C@H]1OC(C)=O. The number of rotatable bonds is 42. The van der Waals surface area contributed by atoms with E-state index in [1.807, 2.05) is 0 Å². The van der Waals surface area contributed by atoms with Gasteiger partial charge in [0, 0.05) is 145 Å². The Morgan fingerprint density at radius 2 is 0.298 bits per heavy atom. The van der Waals surface area contributed by atoms with E-state index in [0.29, 0.717) is 0 Å². The van der Waals surface area contributed by atoms with E-state index in [2.05, 4.69) is 0 Å². The van der Waals surface area contributed by atoms with Gasteiger partial charge in [0.05, 0.1) is 19.8 Å². The molecule has 0 saturated carbocycles. The number of esters is 21. The van der Waals surface area contributed by atoms with Crippen LogP contribution in [-0.4, -0.2) is 349 Å². The molecular formula is C87H114O54. The molecule has 141 heavy (non-hydrogen) atoms. The van der Waals surface area contributed by atoms with Gasteiger partial charge in [0.2, 0.25) is 0 Å². The Balaban J connectivity index is 1.43. The fourth-order valence-corrected chi connectivity index (χ4v) is 15.4. The van der Waals surface area contributed by atoms with Crippen LogP contribution in [0.15, 0.2) is 18.2 Å². The summed E-state index contributed by atoms with van der Waals surface area (Å²) in [6.45, 7) is 12.0. The van der Waals surface area contributed by atoms with Crippen LogP contribution in [0.3, 0.4) is 0 Å². The van der Waals surface area contributed by atoms with Crippen LogP contribution in [0.4, 0.5) is 0 Å². The standard InChI is InChI=1S/C87H114O54/c1-34(88)109-28-58-64(118-40(7)94)70(121-43(10)97)79(130-52(19)106)85(136-58)139-67-61(31-112-37(4)91)133-82(76(127-49(16)103)73(67)124-46(13)100)115-25-55-22-56(26-116-83-77(128-50(17)104)74(125-47(14)101)68(62(134-83)32-113-38(5)92)140-86-80(131-53(20)107)71(122-44(11)98)65(119-41(8)95)59(137-86)29-110-35(2)89)24-57(23-55)27-117-84-78(129-51(18)105)75(126-48(15)102)69(63(135-84)33-114-39(6)93)141-87-81(132-54(21)108)72(123-45(12)99)66(120-42(9)96)60(138-87)30-111-36(3)90/h22-24,58-87H,25-33H2,1-21H3/t58-,59-,60-,61-,62-,63-,64+,65+,66+,67-,68-,69-,70+,71+,72+,73+,74+,75+,76-,77-,78-,79-,80-,81-,82-,83-,84-,85+,86+,87+/m1/s1. The van der Waals surface area contributed by atoms with Crippen LogP contribution in [0.1, 0.15) is 162 Å². The third-order valence-corrected chi connectivity index (χ3v) is 20.0. The summed E-state index contributed by atoms with van der Waals surface area (Å²) in [6.07, 6.45) is -58.5. The molecule has 0 N–H and O–H groups in total. The van der Waals surface area contributed by atoms with Crippen LogP contribution in [-0.2, 0) is 277 Å². The first-order valence-electron chi connectivity index (χ1n) is 43.4. The van der Waals surface area contributed by atoms with Gasteiger partial charge in [-0.1, -0.05) is 18.2 Å². The van der Waals surface area contributed by atoms with Gasteiger partial charge in [-0.15, -0.1) is 0 Å². The van der Waals surface area contributed by atoms with E-state index in [0.717, 1.165) is 145 Å². The Hall–Kier alpha value is -12.4. The molecule has 30 atom stereocenters. The molecule has 54 nitrogen and oxygen atoms in total. The summed E-state index contributed by atoms with van der Waals surface area (Å²) in [7, 11) is 0. The maximum absolute atomic E-state index is 13.6. The highest BCUT2D eigenvalue weighted by Gasteiger charge is 2.63. The summed E-state index contributed by atoms with van der Waals surface area (Å²) in [4.78, 5) is 274. The Morgan fingerprint density at radius 3 is 0.454 bits per heavy atom. The quantitative estimate of drug-likeness (QED) is 0.0565. The molecule has 0 aromatic heterocycles. The van der Waals surface area contributed by atoms with Crippen molar-refractivity contribution in [3.05, 3.63) is 34.9 Å². The lowest BCUT2D eigenvalue weighted by atomic mass is 9.96. The molecule has 1 aromatic carbocycles. The second-order valence-electron chi connectivity index (χ2n) is 32.1. The maximum Gasteiger partial charge on any atom is 0.303 e. The molecule has 786 valence electrons. The van der Waals surface area contributed by atoms with Crippen LogP contribution in [0, 0.1) is 0 Å². The number of hydrogen-bond donors (Lipinski definition) is 0. The van der Waals surface area contributed by atoms with Gasteiger partial charge in [-0.05, 0) is 16.7 Å². The molecular weight excluding hydrogens is 1910 g/mol. The van der Waals surface area contributed by atoms with Gasteiger partial charge in [-0.3, -0.25) is 101 Å². The Labute approximate surface area is 803 Å². The number of hydrogen-bond acceptors (Lipinski definition) is 54. The van der Waals surface area contributed by atoms with Gasteiger partial charge >= 0.3 is 125 Å². The molecule has 0 radical (unpaired) electrons. The van der Waals surface area contributed by atoms with E-state index in [4.69, 9.17) is 156 Å². The highest BCUT2D eigenvalue weighted by atomic mass is 16.8. The Bertz CT molecular complexity index is 4180. The van der Waals surface area contributed by atoms with E-state index in [1.54, 1.807) is 0 Å². The third-order valence-electron chi connectivity index (χ3n) is 20.0. The van der Waals surface area contributed by atoms with E-state index in [1.165, 1.54) is 18.2 Å². The predicted octanol–water partition coefficient (Wildman–Crippen LogP) is -0.905. The third kappa shape index (κ3) is 36.0. The van der Waals surface area contributed by atoms with Crippen molar-refractivity contribution in [3.8, 4) is 0 Å². The molecule has 7 rings (SSSR count). The summed E-state index contributed by atoms with van der Waals surface area (Å²) >= 11 is 0. The summed E-state index contributed by atoms with van der Waals surface area (Å²) in [6, 6.07) is 3.97. The lowest BCUT2D eigenvalue weighted by Crippen LogP contribution is -2.67. The highest BCUT2D eigenvalue weighted by molar-refractivity contribution is 5.74. The predicted molar refractivity (Wildman–Crippen MR) is 441 cm³/mol. The zero-order valence-electron chi connectivity index (χ0n) is 80.5. The van der Waals surface area contributed by atoms with Crippen molar-refractivity contribution in [2.24, 2.45) is 0 Å². The Morgan fingerprint density at radius 1 is 0.170 bits per heavy atom. The van der Waals surface area contributed by atoms with E-state index in [9.17, 15) is 101 Å². The van der Waals surface area contributed by atoms with Crippen LogP contribution in [0.2, 0.25) is 0 Å². The zero-order chi connectivity index (χ0) is 105. The minimum Gasteiger partial charge on any atom is -0.463 e. The minimum atomic E-state index is -2.13. The fraction of sp³-hybridized carbons (Fsp3) is 0.690. The second-order valence-corrected chi connectivity index (χ2v) is 32.1. The average Bonchev–Trinajstić information content (AvgIpc) is 0.768. The second kappa shape index (κ2) is 54.0. The first-order valence-corrected chi connectivity index (χ1v) is 43.4. The Kier molecular flexibility index (Phi) is 44.3. The summed E-state index contributed by atoms with van der Waals surface area (Å²) in [5, 5.41) is 0. The van der Waals surface area contributed by atoms with Crippen molar-refractivity contribution < 1.29 is 257 Å². The number of benzene rings is 1. The normalized spacial score (nSPS) is 30.4. The largest absolute Gasteiger partial charge is 0.463 e. The molecule has 0 bridgehead atoms. The molecule has 0 aliphatic carbocycles. The minimum absolute atomic E-state index is 0.0638. The molecule has 0 spiro atoms. The summed E-state index contributed by atoms with van der Waals surface area (Å²) < 4.78 is 195. The number of ether oxygens (including phenoxy) is 33. The first kappa shape index (κ1) is 116.